The quantitative estimate of drug-likeness (QED) is 0.543. The lowest BCUT2D eigenvalue weighted by Gasteiger charge is -2.11. The molecule has 5 heteroatoms. The van der Waals surface area contributed by atoms with Crippen molar-refractivity contribution in [2.24, 2.45) is 0 Å². The second kappa shape index (κ2) is 5.19. The van der Waals surface area contributed by atoms with Gasteiger partial charge in [-0.15, -0.1) is 0 Å². The van der Waals surface area contributed by atoms with E-state index in [1.54, 1.807) is 41.3 Å². The zero-order valence-electron chi connectivity index (χ0n) is 9.17. The van der Waals surface area contributed by atoms with Gasteiger partial charge in [-0.2, -0.15) is 0 Å². The molecule has 0 aromatic carbocycles. The fourth-order valence-corrected chi connectivity index (χ4v) is 1.08. The molecular weight excluding hydrogens is 194 g/mol. The van der Waals surface area contributed by atoms with Gasteiger partial charge in [0.2, 0.25) is 0 Å². The Morgan fingerprint density at radius 3 is 2.80 bits per heavy atom. The van der Waals surface area contributed by atoms with E-state index in [0.29, 0.717) is 12.3 Å². The van der Waals surface area contributed by atoms with Crippen LogP contribution in [0.3, 0.4) is 0 Å². The van der Waals surface area contributed by atoms with Gasteiger partial charge in [0.05, 0.1) is 12.9 Å². The summed E-state index contributed by atoms with van der Waals surface area (Å²) in [4.78, 5) is 17.3. The molecule has 1 heterocycles. The molecule has 0 saturated carbocycles. The number of ether oxygens (including phenoxy) is 1. The molecular formula is C10H15N3O2. The molecule has 1 rings (SSSR count). The Hall–Kier alpha value is -1.78. The van der Waals surface area contributed by atoms with E-state index >= 15 is 0 Å². The average Bonchev–Trinajstić information content (AvgIpc) is 2.66. The maximum absolute atomic E-state index is 11.6. The van der Waals surface area contributed by atoms with E-state index in [9.17, 15) is 4.79 Å². The summed E-state index contributed by atoms with van der Waals surface area (Å²) >= 11 is 0. The van der Waals surface area contributed by atoms with E-state index in [0.717, 1.165) is 0 Å². The van der Waals surface area contributed by atoms with Crippen LogP contribution in [-0.2, 0) is 9.53 Å². The minimum absolute atomic E-state index is 0.357. The van der Waals surface area contributed by atoms with E-state index in [-0.39, 0.29) is 5.97 Å². The predicted octanol–water partition coefficient (Wildman–Crippen LogP) is 0.806. The first-order valence-electron chi connectivity index (χ1n) is 4.69. The molecule has 0 aliphatic carbocycles. The van der Waals surface area contributed by atoms with Crippen molar-refractivity contribution in [2.45, 2.75) is 6.92 Å². The molecule has 0 amide bonds. The highest BCUT2D eigenvalue weighted by Gasteiger charge is 2.12. The Balaban J connectivity index is 2.94. The van der Waals surface area contributed by atoms with Crippen molar-refractivity contribution in [3.63, 3.8) is 0 Å². The van der Waals surface area contributed by atoms with Crippen LogP contribution in [0, 0.1) is 0 Å². The van der Waals surface area contributed by atoms with Crippen LogP contribution >= 0.6 is 0 Å². The molecule has 0 atom stereocenters. The fourth-order valence-electron chi connectivity index (χ4n) is 1.08. The lowest BCUT2D eigenvalue weighted by atomic mass is 10.4. The summed E-state index contributed by atoms with van der Waals surface area (Å²) < 4.78 is 6.57. The zero-order valence-corrected chi connectivity index (χ0v) is 9.17. The SMILES string of the molecule is CCOC(=O)/C(=C\N(C)C)n1ccnc1. The third kappa shape index (κ3) is 3.12. The highest BCUT2D eigenvalue weighted by atomic mass is 16.5. The molecule has 1 aromatic heterocycles. The van der Waals surface area contributed by atoms with E-state index in [1.165, 1.54) is 0 Å². The second-order valence-corrected chi connectivity index (χ2v) is 3.17. The fraction of sp³-hybridized carbons (Fsp3) is 0.400. The molecule has 0 radical (unpaired) electrons. The number of carbonyl (C=O) groups is 1. The van der Waals surface area contributed by atoms with Gasteiger partial charge < -0.3 is 9.64 Å². The summed E-state index contributed by atoms with van der Waals surface area (Å²) in [7, 11) is 3.69. The van der Waals surface area contributed by atoms with Crippen molar-refractivity contribution >= 4 is 11.7 Å². The molecule has 0 aliphatic heterocycles. The van der Waals surface area contributed by atoms with Gasteiger partial charge in [-0.25, -0.2) is 9.78 Å². The van der Waals surface area contributed by atoms with E-state index in [2.05, 4.69) is 4.98 Å². The monoisotopic (exact) mass is 209 g/mol. The van der Waals surface area contributed by atoms with Crippen LogP contribution in [0.25, 0.3) is 5.70 Å². The van der Waals surface area contributed by atoms with E-state index in [1.807, 2.05) is 14.1 Å². The number of rotatable bonds is 4. The highest BCUT2D eigenvalue weighted by Crippen LogP contribution is 2.07. The van der Waals surface area contributed by atoms with Gasteiger partial charge in [-0.3, -0.25) is 4.57 Å². The Morgan fingerprint density at radius 2 is 2.33 bits per heavy atom. The minimum atomic E-state index is -0.357. The van der Waals surface area contributed by atoms with Crippen LogP contribution in [0.5, 0.6) is 0 Å². The largest absolute Gasteiger partial charge is 0.461 e. The topological polar surface area (TPSA) is 47.4 Å². The molecule has 0 saturated heterocycles. The van der Waals surface area contributed by atoms with Crippen molar-refractivity contribution in [3.05, 3.63) is 24.9 Å². The van der Waals surface area contributed by atoms with Gasteiger partial charge >= 0.3 is 5.97 Å². The summed E-state index contributed by atoms with van der Waals surface area (Å²) in [6.45, 7) is 2.14. The van der Waals surface area contributed by atoms with Gasteiger partial charge in [0.15, 0.2) is 0 Å². The first kappa shape index (κ1) is 11.3. The van der Waals surface area contributed by atoms with Crippen LogP contribution in [0.2, 0.25) is 0 Å². The van der Waals surface area contributed by atoms with Crippen LogP contribution in [0.4, 0.5) is 0 Å². The van der Waals surface area contributed by atoms with Crippen molar-refractivity contribution in [2.75, 3.05) is 20.7 Å². The number of imidazole rings is 1. The summed E-state index contributed by atoms with van der Waals surface area (Å²) in [6, 6.07) is 0. The minimum Gasteiger partial charge on any atom is -0.461 e. The summed E-state index contributed by atoms with van der Waals surface area (Å²) in [5, 5.41) is 0. The number of carbonyl (C=O) groups excluding carboxylic acids is 1. The van der Waals surface area contributed by atoms with Gasteiger partial charge in [-0.1, -0.05) is 0 Å². The number of nitrogens with zero attached hydrogens (tertiary/aromatic N) is 3. The van der Waals surface area contributed by atoms with Gasteiger partial charge in [0.1, 0.15) is 5.70 Å². The van der Waals surface area contributed by atoms with Crippen molar-refractivity contribution in [1.82, 2.24) is 14.5 Å². The molecule has 0 fully saturated rings. The Bertz CT molecular complexity index is 342. The third-order valence-electron chi connectivity index (χ3n) is 1.65. The maximum Gasteiger partial charge on any atom is 0.356 e. The summed E-state index contributed by atoms with van der Waals surface area (Å²) in [6.07, 6.45) is 6.57. The molecule has 0 bridgehead atoms. The second-order valence-electron chi connectivity index (χ2n) is 3.17. The van der Waals surface area contributed by atoms with Crippen molar-refractivity contribution in [3.8, 4) is 0 Å². The molecule has 82 valence electrons. The smallest absolute Gasteiger partial charge is 0.356 e. The lowest BCUT2D eigenvalue weighted by molar-refractivity contribution is -0.136. The normalized spacial score (nSPS) is 11.3. The lowest BCUT2D eigenvalue weighted by Crippen LogP contribution is -2.15. The predicted molar refractivity (Wildman–Crippen MR) is 56.8 cm³/mol. The van der Waals surface area contributed by atoms with Crippen molar-refractivity contribution in [1.29, 1.82) is 0 Å². The summed E-state index contributed by atoms with van der Waals surface area (Å²) in [5.41, 5.74) is 0.444. The first-order valence-corrected chi connectivity index (χ1v) is 4.69. The average molecular weight is 209 g/mol. The maximum atomic E-state index is 11.6. The molecule has 15 heavy (non-hydrogen) atoms. The van der Waals surface area contributed by atoms with E-state index < -0.39 is 0 Å². The molecule has 0 spiro atoms. The van der Waals surface area contributed by atoms with Crippen molar-refractivity contribution < 1.29 is 9.53 Å². The van der Waals surface area contributed by atoms with Crippen LogP contribution < -0.4 is 0 Å². The Labute approximate surface area is 89.0 Å². The zero-order chi connectivity index (χ0) is 11.3. The van der Waals surface area contributed by atoms with Gasteiger partial charge in [0, 0.05) is 32.7 Å². The van der Waals surface area contributed by atoms with E-state index in [4.69, 9.17) is 4.74 Å². The van der Waals surface area contributed by atoms with Gasteiger partial charge in [0.25, 0.3) is 0 Å². The molecule has 0 aliphatic rings. The number of aromatic nitrogens is 2. The Kier molecular flexibility index (Phi) is 3.91. The van der Waals surface area contributed by atoms with Crippen LogP contribution in [0.15, 0.2) is 24.9 Å². The molecule has 1 aromatic rings. The summed E-state index contributed by atoms with van der Waals surface area (Å²) in [5.74, 6) is -0.357. The molecule has 0 N–H and O–H groups in total. The number of hydrogen-bond acceptors (Lipinski definition) is 4. The van der Waals surface area contributed by atoms with Crippen LogP contribution in [0.1, 0.15) is 6.92 Å². The number of esters is 1. The Morgan fingerprint density at radius 1 is 1.60 bits per heavy atom. The van der Waals surface area contributed by atoms with Gasteiger partial charge in [-0.05, 0) is 6.92 Å². The molecule has 5 nitrogen and oxygen atoms in total. The first-order chi connectivity index (χ1) is 7.15. The molecule has 0 unspecified atom stereocenters. The standard InChI is InChI=1S/C10H15N3O2/c1-4-15-10(14)9(7-12(2)3)13-6-5-11-8-13/h5-8H,4H2,1-3H3/b9-7+. The number of hydrogen-bond donors (Lipinski definition) is 0. The third-order valence-corrected chi connectivity index (χ3v) is 1.65. The highest BCUT2D eigenvalue weighted by molar-refractivity contribution is 6.09. The van der Waals surface area contributed by atoms with Crippen LogP contribution in [-0.4, -0.2) is 41.1 Å².